The second kappa shape index (κ2) is 6.17. The second-order valence-electron chi connectivity index (χ2n) is 5.69. The summed E-state index contributed by atoms with van der Waals surface area (Å²) in [6, 6.07) is 0.0208. The van der Waals surface area contributed by atoms with Crippen molar-refractivity contribution in [3.8, 4) is 0 Å². The number of amides is 1. The summed E-state index contributed by atoms with van der Waals surface area (Å²) in [5.41, 5.74) is 0. The molecule has 0 aromatic carbocycles. The Morgan fingerprint density at radius 2 is 2.09 bits per heavy atom. The predicted octanol–water partition coefficient (Wildman–Crippen LogP) is 0.794. The van der Waals surface area contributed by atoms with Gasteiger partial charge in [0.25, 0.3) is 0 Å². The summed E-state index contributed by atoms with van der Waals surface area (Å²) >= 11 is 1.09. The Kier molecular flexibility index (Phi) is 4.25. The summed E-state index contributed by atoms with van der Waals surface area (Å²) < 4.78 is 0. The van der Waals surface area contributed by atoms with Crippen LogP contribution < -0.4 is 4.90 Å². The van der Waals surface area contributed by atoms with Crippen molar-refractivity contribution in [3.05, 3.63) is 16.3 Å². The van der Waals surface area contributed by atoms with Crippen LogP contribution >= 0.6 is 11.3 Å². The highest BCUT2D eigenvalue weighted by Crippen LogP contribution is 2.29. The van der Waals surface area contributed by atoms with E-state index in [1.54, 1.807) is 0 Å². The number of hydrogen-bond acceptors (Lipinski definition) is 7. The van der Waals surface area contributed by atoms with E-state index in [0.717, 1.165) is 30.7 Å². The summed E-state index contributed by atoms with van der Waals surface area (Å²) in [5.74, 6) is 0.213. The number of likely N-dealkylation sites (tertiary alicyclic amines) is 1. The summed E-state index contributed by atoms with van der Waals surface area (Å²) in [7, 11) is 2.00. The van der Waals surface area contributed by atoms with Gasteiger partial charge in [0.05, 0.1) is 11.0 Å². The molecule has 9 heteroatoms. The van der Waals surface area contributed by atoms with E-state index in [2.05, 4.69) is 9.88 Å². The lowest BCUT2D eigenvalue weighted by molar-refractivity contribution is -0.380. The number of thiazole rings is 1. The molecule has 3 heterocycles. The van der Waals surface area contributed by atoms with E-state index in [4.69, 9.17) is 0 Å². The molecule has 3 rings (SSSR count). The van der Waals surface area contributed by atoms with Gasteiger partial charge in [-0.05, 0) is 37.8 Å². The number of nitrogens with zero attached hydrogens (tertiary/aromatic N) is 5. The van der Waals surface area contributed by atoms with Crippen LogP contribution in [0.5, 0.6) is 0 Å². The number of hydrogen-bond donors (Lipinski definition) is 0. The number of rotatable bonds is 3. The molecule has 120 valence electrons. The molecule has 2 fully saturated rings. The molecular weight excluding hydrogens is 306 g/mol. The van der Waals surface area contributed by atoms with Crippen LogP contribution in [0.3, 0.4) is 0 Å². The highest BCUT2D eigenvalue weighted by Gasteiger charge is 2.33. The third kappa shape index (κ3) is 2.91. The molecule has 1 amide bonds. The van der Waals surface area contributed by atoms with Crippen molar-refractivity contribution in [2.75, 3.05) is 44.7 Å². The van der Waals surface area contributed by atoms with Gasteiger partial charge in [-0.3, -0.25) is 19.8 Å². The Morgan fingerprint density at radius 3 is 2.64 bits per heavy atom. The van der Waals surface area contributed by atoms with Gasteiger partial charge in [-0.2, -0.15) is 0 Å². The first-order chi connectivity index (χ1) is 10.6. The third-order valence-corrected chi connectivity index (χ3v) is 5.34. The first-order valence-electron chi connectivity index (χ1n) is 7.40. The lowest BCUT2D eigenvalue weighted by Crippen LogP contribution is -2.53. The largest absolute Gasteiger partial charge is 0.345 e. The number of aromatic nitrogens is 1. The van der Waals surface area contributed by atoms with Gasteiger partial charge in [0.2, 0.25) is 5.91 Å². The number of carbonyl (C=O) groups excluding carboxylic acids is 1. The van der Waals surface area contributed by atoms with Crippen molar-refractivity contribution in [2.24, 2.45) is 0 Å². The van der Waals surface area contributed by atoms with E-state index < -0.39 is 4.92 Å². The van der Waals surface area contributed by atoms with Crippen molar-refractivity contribution < 1.29 is 9.72 Å². The van der Waals surface area contributed by atoms with E-state index in [-0.39, 0.29) is 17.0 Å². The molecule has 1 atom stereocenters. The van der Waals surface area contributed by atoms with Crippen LogP contribution in [0.4, 0.5) is 10.1 Å². The maximum absolute atomic E-state index is 12.5. The minimum absolute atomic E-state index is 0.0208. The number of piperazine rings is 1. The molecule has 2 saturated heterocycles. The Bertz CT molecular complexity index is 570. The molecule has 8 nitrogen and oxygen atoms in total. The van der Waals surface area contributed by atoms with E-state index >= 15 is 0 Å². The highest BCUT2D eigenvalue weighted by molar-refractivity contribution is 7.18. The van der Waals surface area contributed by atoms with Crippen LogP contribution in [-0.2, 0) is 4.79 Å². The topological polar surface area (TPSA) is 82.8 Å². The first kappa shape index (κ1) is 15.2. The second-order valence-corrected chi connectivity index (χ2v) is 6.68. The highest BCUT2D eigenvalue weighted by atomic mass is 32.1. The normalized spacial score (nSPS) is 23.0. The van der Waals surface area contributed by atoms with Crippen molar-refractivity contribution in [1.29, 1.82) is 0 Å². The zero-order valence-electron chi connectivity index (χ0n) is 12.5. The van der Waals surface area contributed by atoms with Crippen LogP contribution in [0.2, 0.25) is 0 Å². The fourth-order valence-electron chi connectivity index (χ4n) is 3.04. The standard InChI is InChI=1S/C13H19N5O3S/c1-15-4-2-3-10(15)12(19)16-5-7-17(8-6-16)13-14-9-11(22-13)18(20)21/h9-10H,2-8H2,1H3/t10-/m0/s1. The Balaban J connectivity index is 1.57. The number of nitro groups is 1. The lowest BCUT2D eigenvalue weighted by Gasteiger charge is -2.36. The molecule has 0 saturated carbocycles. The fraction of sp³-hybridized carbons (Fsp3) is 0.692. The zero-order chi connectivity index (χ0) is 15.7. The molecule has 0 spiro atoms. The third-order valence-electron chi connectivity index (χ3n) is 4.33. The quantitative estimate of drug-likeness (QED) is 0.604. The van der Waals surface area contributed by atoms with Gasteiger partial charge in [0.15, 0.2) is 5.13 Å². The van der Waals surface area contributed by atoms with E-state index in [0.29, 0.717) is 31.3 Å². The SMILES string of the molecule is CN1CCC[C@H]1C(=O)N1CCN(c2ncc([N+](=O)[O-])s2)CC1. The molecule has 0 N–H and O–H groups in total. The average Bonchev–Trinajstić information content (AvgIpc) is 3.15. The van der Waals surface area contributed by atoms with Crippen molar-refractivity contribution in [3.63, 3.8) is 0 Å². The maximum Gasteiger partial charge on any atom is 0.345 e. The Labute approximate surface area is 132 Å². The first-order valence-corrected chi connectivity index (χ1v) is 8.22. The molecule has 0 unspecified atom stereocenters. The van der Waals surface area contributed by atoms with Crippen LogP contribution in [0.25, 0.3) is 0 Å². The molecule has 2 aliphatic rings. The lowest BCUT2D eigenvalue weighted by atomic mass is 10.2. The average molecular weight is 325 g/mol. The van der Waals surface area contributed by atoms with E-state index in [9.17, 15) is 14.9 Å². The molecule has 1 aromatic rings. The van der Waals surface area contributed by atoms with Crippen molar-refractivity contribution in [2.45, 2.75) is 18.9 Å². The van der Waals surface area contributed by atoms with Gasteiger partial charge in [-0.1, -0.05) is 0 Å². The van der Waals surface area contributed by atoms with Gasteiger partial charge < -0.3 is 9.80 Å². The summed E-state index contributed by atoms with van der Waals surface area (Å²) in [6.45, 7) is 3.63. The Morgan fingerprint density at radius 1 is 1.36 bits per heavy atom. The number of likely N-dealkylation sites (N-methyl/N-ethyl adjacent to an activating group) is 1. The van der Waals surface area contributed by atoms with Crippen LogP contribution in [0.1, 0.15) is 12.8 Å². The molecule has 22 heavy (non-hydrogen) atoms. The van der Waals surface area contributed by atoms with Gasteiger partial charge in [-0.15, -0.1) is 0 Å². The monoisotopic (exact) mass is 325 g/mol. The molecule has 0 bridgehead atoms. The van der Waals surface area contributed by atoms with Gasteiger partial charge >= 0.3 is 5.00 Å². The van der Waals surface area contributed by atoms with Crippen molar-refractivity contribution in [1.82, 2.24) is 14.8 Å². The molecular formula is C13H19N5O3S. The minimum Gasteiger partial charge on any atom is -0.344 e. The summed E-state index contributed by atoms with van der Waals surface area (Å²) in [6.07, 6.45) is 3.31. The minimum atomic E-state index is -0.420. The molecule has 2 aliphatic heterocycles. The van der Waals surface area contributed by atoms with Crippen LogP contribution in [0.15, 0.2) is 6.20 Å². The van der Waals surface area contributed by atoms with Crippen LogP contribution in [-0.4, -0.2) is 71.4 Å². The maximum atomic E-state index is 12.5. The summed E-state index contributed by atoms with van der Waals surface area (Å²) in [4.78, 5) is 33.0. The van der Waals surface area contributed by atoms with Gasteiger partial charge in [-0.25, -0.2) is 4.98 Å². The van der Waals surface area contributed by atoms with E-state index in [1.807, 2.05) is 16.8 Å². The van der Waals surface area contributed by atoms with Gasteiger partial charge in [0, 0.05) is 26.2 Å². The molecule has 0 radical (unpaired) electrons. The fourth-order valence-corrected chi connectivity index (χ4v) is 3.82. The summed E-state index contributed by atoms with van der Waals surface area (Å²) in [5, 5.41) is 11.4. The Hall–Kier alpha value is -1.74. The smallest absolute Gasteiger partial charge is 0.344 e. The van der Waals surface area contributed by atoms with Gasteiger partial charge in [0.1, 0.15) is 6.20 Å². The van der Waals surface area contributed by atoms with E-state index in [1.165, 1.54) is 6.20 Å². The predicted molar refractivity (Wildman–Crippen MR) is 83.2 cm³/mol. The number of anilines is 1. The molecule has 0 aliphatic carbocycles. The number of carbonyl (C=O) groups is 1. The zero-order valence-corrected chi connectivity index (χ0v) is 13.3. The van der Waals surface area contributed by atoms with Crippen molar-refractivity contribution >= 4 is 27.4 Å². The van der Waals surface area contributed by atoms with Crippen LogP contribution in [0, 0.1) is 10.1 Å². The molecule has 1 aromatic heterocycles.